The highest BCUT2D eigenvalue weighted by molar-refractivity contribution is 5.81. The van der Waals surface area contributed by atoms with Gasteiger partial charge in [0.2, 0.25) is 0 Å². The lowest BCUT2D eigenvalue weighted by atomic mass is 10.4. The molecule has 3 rings (SSSR count). The second-order valence-corrected chi connectivity index (χ2v) is 3.58. The van der Waals surface area contributed by atoms with Crippen molar-refractivity contribution in [3.8, 4) is 5.82 Å². The van der Waals surface area contributed by atoms with Gasteiger partial charge in [-0.05, 0) is 6.07 Å². The van der Waals surface area contributed by atoms with Crippen molar-refractivity contribution >= 4 is 16.7 Å². The van der Waals surface area contributed by atoms with Gasteiger partial charge in [0.15, 0.2) is 5.82 Å². The van der Waals surface area contributed by atoms with Gasteiger partial charge in [0, 0.05) is 13.2 Å². The molecule has 3 heterocycles. The molecule has 0 atom stereocenters. The number of aryl methyl sites for hydroxylation is 1. The summed E-state index contributed by atoms with van der Waals surface area (Å²) >= 11 is 0. The van der Waals surface area contributed by atoms with Crippen molar-refractivity contribution in [2.24, 2.45) is 7.05 Å². The number of nitrogen functional groups attached to an aromatic ring is 1. The summed E-state index contributed by atoms with van der Waals surface area (Å²) in [6.07, 6.45) is 6.79. The molecule has 3 aromatic heterocycles. The fraction of sp³-hybridized carbons (Fsp3) is 0.100. The van der Waals surface area contributed by atoms with E-state index in [4.69, 9.17) is 5.73 Å². The average Bonchev–Trinajstić information content (AvgIpc) is 2.86. The van der Waals surface area contributed by atoms with Crippen LogP contribution in [-0.4, -0.2) is 24.3 Å². The van der Waals surface area contributed by atoms with Crippen molar-refractivity contribution in [3.05, 3.63) is 31.0 Å². The summed E-state index contributed by atoms with van der Waals surface area (Å²) in [7, 11) is 1.94. The monoisotopic (exact) mass is 214 g/mol. The lowest BCUT2D eigenvalue weighted by Crippen LogP contribution is -1.99. The van der Waals surface area contributed by atoms with E-state index in [0.717, 1.165) is 11.0 Å². The maximum absolute atomic E-state index is 5.63. The molecule has 0 aromatic carbocycles. The second kappa shape index (κ2) is 3.06. The maximum Gasteiger partial charge on any atom is 0.181 e. The van der Waals surface area contributed by atoms with Gasteiger partial charge < -0.3 is 10.3 Å². The number of imidazole rings is 1. The molecule has 0 amide bonds. The van der Waals surface area contributed by atoms with E-state index >= 15 is 0 Å². The van der Waals surface area contributed by atoms with E-state index in [1.54, 1.807) is 29.6 Å². The fourth-order valence-electron chi connectivity index (χ4n) is 1.67. The number of rotatable bonds is 1. The van der Waals surface area contributed by atoms with Gasteiger partial charge in [-0.3, -0.25) is 0 Å². The molecule has 3 aromatic rings. The molecule has 80 valence electrons. The first kappa shape index (κ1) is 8.90. The van der Waals surface area contributed by atoms with E-state index in [-0.39, 0.29) is 0 Å². The number of pyridine rings is 1. The Kier molecular flexibility index (Phi) is 1.70. The number of aromatic nitrogens is 5. The highest BCUT2D eigenvalue weighted by atomic mass is 15.3. The summed E-state index contributed by atoms with van der Waals surface area (Å²) in [5.41, 5.74) is 8.06. The Morgan fingerprint density at radius 3 is 2.94 bits per heavy atom. The average molecular weight is 214 g/mol. The minimum absolute atomic E-state index is 0.606. The Labute approximate surface area is 91.3 Å². The third kappa shape index (κ3) is 1.16. The van der Waals surface area contributed by atoms with Crippen LogP contribution in [0, 0.1) is 0 Å². The summed E-state index contributed by atoms with van der Waals surface area (Å²) in [5, 5.41) is 4.13. The summed E-state index contributed by atoms with van der Waals surface area (Å²) in [4.78, 5) is 8.58. The molecule has 6 nitrogen and oxygen atoms in total. The van der Waals surface area contributed by atoms with Crippen LogP contribution in [0.2, 0.25) is 0 Å². The molecule has 16 heavy (non-hydrogen) atoms. The predicted molar refractivity (Wildman–Crippen MR) is 60.0 cm³/mol. The van der Waals surface area contributed by atoms with Gasteiger partial charge in [-0.25, -0.2) is 14.6 Å². The van der Waals surface area contributed by atoms with Gasteiger partial charge >= 0.3 is 0 Å². The van der Waals surface area contributed by atoms with Crippen molar-refractivity contribution in [2.75, 3.05) is 5.73 Å². The first-order chi connectivity index (χ1) is 7.75. The third-order valence-electron chi connectivity index (χ3n) is 2.44. The standard InChI is InChI=1S/C10H10N6/c1-15-6-13-9-8(15)2-3-12-10(9)16-5-7(11)4-14-16/h2-6H,11H2,1H3. The van der Waals surface area contributed by atoms with Crippen LogP contribution in [0.25, 0.3) is 16.9 Å². The molecule has 0 fully saturated rings. The first-order valence-corrected chi connectivity index (χ1v) is 4.82. The fourth-order valence-corrected chi connectivity index (χ4v) is 1.67. The molecule has 0 saturated carbocycles. The zero-order valence-electron chi connectivity index (χ0n) is 8.70. The van der Waals surface area contributed by atoms with Gasteiger partial charge in [-0.1, -0.05) is 0 Å². The quantitative estimate of drug-likeness (QED) is 0.648. The summed E-state index contributed by atoms with van der Waals surface area (Å²) in [6.45, 7) is 0. The third-order valence-corrected chi connectivity index (χ3v) is 2.44. The van der Waals surface area contributed by atoms with E-state index in [1.165, 1.54) is 0 Å². The van der Waals surface area contributed by atoms with Crippen molar-refractivity contribution in [1.29, 1.82) is 0 Å². The van der Waals surface area contributed by atoms with Crippen LogP contribution in [0.5, 0.6) is 0 Å². The van der Waals surface area contributed by atoms with Crippen LogP contribution >= 0.6 is 0 Å². The molecular formula is C10H10N6. The van der Waals surface area contributed by atoms with Gasteiger partial charge in [0.05, 0.1) is 29.9 Å². The SMILES string of the molecule is Cn1cnc2c(-n3cc(N)cn3)nccc21. The number of anilines is 1. The topological polar surface area (TPSA) is 74.5 Å². The molecule has 0 aliphatic rings. The number of nitrogens with zero attached hydrogens (tertiary/aromatic N) is 5. The second-order valence-electron chi connectivity index (χ2n) is 3.58. The lowest BCUT2D eigenvalue weighted by Gasteiger charge is -2.01. The molecule has 0 radical (unpaired) electrons. The summed E-state index contributed by atoms with van der Waals surface area (Å²) in [5.74, 6) is 0.690. The molecule has 0 aliphatic heterocycles. The molecule has 0 unspecified atom stereocenters. The number of nitrogens with two attached hydrogens (primary N) is 1. The Morgan fingerprint density at radius 1 is 1.31 bits per heavy atom. The van der Waals surface area contributed by atoms with Gasteiger partial charge in [0.1, 0.15) is 5.52 Å². The first-order valence-electron chi connectivity index (χ1n) is 4.82. The molecule has 0 spiro atoms. The molecule has 6 heteroatoms. The van der Waals surface area contributed by atoms with Crippen molar-refractivity contribution in [1.82, 2.24) is 24.3 Å². The van der Waals surface area contributed by atoms with Crippen molar-refractivity contribution < 1.29 is 0 Å². The highest BCUT2D eigenvalue weighted by Crippen LogP contribution is 2.17. The van der Waals surface area contributed by atoms with E-state index in [1.807, 2.05) is 17.7 Å². The van der Waals surface area contributed by atoms with Crippen LogP contribution in [0.4, 0.5) is 5.69 Å². The Morgan fingerprint density at radius 2 is 2.19 bits per heavy atom. The highest BCUT2D eigenvalue weighted by Gasteiger charge is 2.09. The smallest absolute Gasteiger partial charge is 0.181 e. The normalized spacial score (nSPS) is 11.1. The minimum Gasteiger partial charge on any atom is -0.396 e. The number of hydrogen-bond acceptors (Lipinski definition) is 4. The van der Waals surface area contributed by atoms with Crippen molar-refractivity contribution in [2.45, 2.75) is 0 Å². The van der Waals surface area contributed by atoms with Crippen molar-refractivity contribution in [3.63, 3.8) is 0 Å². The largest absolute Gasteiger partial charge is 0.396 e. The van der Waals surface area contributed by atoms with Gasteiger partial charge in [0.25, 0.3) is 0 Å². The molecule has 0 bridgehead atoms. The molecule has 2 N–H and O–H groups in total. The molecule has 0 aliphatic carbocycles. The zero-order valence-corrected chi connectivity index (χ0v) is 8.70. The summed E-state index contributed by atoms with van der Waals surface area (Å²) < 4.78 is 3.57. The van der Waals surface area contributed by atoms with E-state index in [2.05, 4.69) is 15.1 Å². The minimum atomic E-state index is 0.606. The van der Waals surface area contributed by atoms with Gasteiger partial charge in [-0.15, -0.1) is 0 Å². The number of fused-ring (bicyclic) bond motifs is 1. The molecule has 0 saturated heterocycles. The Balaban J connectivity index is 2.31. The van der Waals surface area contributed by atoms with Crippen LogP contribution in [0.1, 0.15) is 0 Å². The van der Waals surface area contributed by atoms with Gasteiger partial charge in [-0.2, -0.15) is 5.10 Å². The maximum atomic E-state index is 5.63. The summed E-state index contributed by atoms with van der Waals surface area (Å²) in [6, 6.07) is 1.92. The Bertz CT molecular complexity index is 650. The van der Waals surface area contributed by atoms with E-state index < -0.39 is 0 Å². The van der Waals surface area contributed by atoms with E-state index in [9.17, 15) is 0 Å². The van der Waals surface area contributed by atoms with Crippen LogP contribution in [0.3, 0.4) is 0 Å². The molecular weight excluding hydrogens is 204 g/mol. The van der Waals surface area contributed by atoms with Crippen LogP contribution in [-0.2, 0) is 7.05 Å². The lowest BCUT2D eigenvalue weighted by molar-refractivity contribution is 0.853. The van der Waals surface area contributed by atoms with E-state index in [0.29, 0.717) is 11.5 Å². The van der Waals surface area contributed by atoms with Crippen LogP contribution in [0.15, 0.2) is 31.0 Å². The number of hydrogen-bond donors (Lipinski definition) is 1. The predicted octanol–water partition coefficient (Wildman–Crippen LogP) is 0.736. The van der Waals surface area contributed by atoms with Crippen LogP contribution < -0.4 is 5.73 Å². The zero-order chi connectivity index (χ0) is 11.1. The Hall–Kier alpha value is -2.37.